The van der Waals surface area contributed by atoms with Gasteiger partial charge < -0.3 is 15.2 Å². The van der Waals surface area contributed by atoms with Crippen molar-refractivity contribution in [2.45, 2.75) is 25.7 Å². The molecule has 1 aliphatic heterocycles. The van der Waals surface area contributed by atoms with Crippen molar-refractivity contribution in [3.8, 4) is 0 Å². The molecule has 0 bridgehead atoms. The maximum Gasteiger partial charge on any atom is 0.224 e. The van der Waals surface area contributed by atoms with Crippen LogP contribution in [0.15, 0.2) is 48.5 Å². The van der Waals surface area contributed by atoms with E-state index in [1.54, 1.807) is 11.0 Å². The number of amides is 2. The smallest absolute Gasteiger partial charge is 0.224 e. The van der Waals surface area contributed by atoms with Crippen molar-refractivity contribution in [2.24, 2.45) is 5.92 Å². The predicted octanol–water partition coefficient (Wildman–Crippen LogP) is 2.84. The lowest BCUT2D eigenvalue weighted by atomic mass is 9.96. The fourth-order valence-electron chi connectivity index (χ4n) is 3.87. The summed E-state index contributed by atoms with van der Waals surface area (Å²) in [5.41, 5.74) is 2.75. The molecule has 4 rings (SSSR count). The second-order valence-corrected chi connectivity index (χ2v) is 7.70. The fourth-order valence-corrected chi connectivity index (χ4v) is 3.87. The van der Waals surface area contributed by atoms with Gasteiger partial charge in [-0.2, -0.15) is 0 Å². The van der Waals surface area contributed by atoms with Gasteiger partial charge in [0.25, 0.3) is 0 Å². The minimum atomic E-state index is -0.279. The molecule has 0 unspecified atom stereocenters. The highest BCUT2D eigenvalue weighted by Crippen LogP contribution is 2.19. The third-order valence-electron chi connectivity index (χ3n) is 5.53. The van der Waals surface area contributed by atoms with E-state index in [-0.39, 0.29) is 23.5 Å². The van der Waals surface area contributed by atoms with E-state index < -0.39 is 0 Å². The normalized spacial score (nSPS) is 16.8. The van der Waals surface area contributed by atoms with Crippen LogP contribution in [-0.2, 0) is 22.4 Å². The van der Waals surface area contributed by atoms with Gasteiger partial charge in [-0.1, -0.05) is 24.3 Å². The van der Waals surface area contributed by atoms with Crippen LogP contribution < -0.4 is 5.32 Å². The van der Waals surface area contributed by atoms with Crippen LogP contribution >= 0.6 is 0 Å². The van der Waals surface area contributed by atoms with Crippen molar-refractivity contribution in [2.75, 3.05) is 19.6 Å². The van der Waals surface area contributed by atoms with Gasteiger partial charge in [-0.25, -0.2) is 9.37 Å². The summed E-state index contributed by atoms with van der Waals surface area (Å²) < 4.78 is 13.3. The Morgan fingerprint density at radius 1 is 1.20 bits per heavy atom. The minimum absolute atomic E-state index is 0.0330. The van der Waals surface area contributed by atoms with E-state index in [0.29, 0.717) is 45.3 Å². The molecule has 2 aromatic carbocycles. The molecule has 2 amide bonds. The number of piperidine rings is 1. The fraction of sp³-hybridized carbons (Fsp3) is 0.348. The largest absolute Gasteiger partial charge is 0.355 e. The third kappa shape index (κ3) is 4.84. The molecule has 2 heterocycles. The molecule has 0 aliphatic carbocycles. The van der Waals surface area contributed by atoms with E-state index in [9.17, 15) is 14.0 Å². The van der Waals surface area contributed by atoms with Crippen LogP contribution in [0.2, 0.25) is 0 Å². The molecule has 1 aromatic heterocycles. The monoisotopic (exact) mass is 408 g/mol. The van der Waals surface area contributed by atoms with Crippen LogP contribution in [0, 0.1) is 11.7 Å². The number of fused-ring (bicyclic) bond motifs is 1. The van der Waals surface area contributed by atoms with Crippen LogP contribution in [0.1, 0.15) is 24.2 Å². The quantitative estimate of drug-likeness (QED) is 0.631. The second kappa shape index (κ2) is 9.07. The molecular weight excluding hydrogens is 383 g/mol. The number of nitrogens with one attached hydrogen (secondary N) is 2. The number of hydrogen-bond acceptors (Lipinski definition) is 3. The Balaban J connectivity index is 1.26. The first kappa shape index (κ1) is 20.1. The third-order valence-corrected chi connectivity index (χ3v) is 5.53. The molecule has 1 aliphatic rings. The maximum absolute atomic E-state index is 13.3. The summed E-state index contributed by atoms with van der Waals surface area (Å²) in [5, 5.41) is 2.98. The molecule has 7 heteroatoms. The van der Waals surface area contributed by atoms with Gasteiger partial charge in [0, 0.05) is 32.5 Å². The number of para-hydroxylation sites is 2. The van der Waals surface area contributed by atoms with E-state index in [4.69, 9.17) is 0 Å². The Morgan fingerprint density at radius 2 is 2.07 bits per heavy atom. The van der Waals surface area contributed by atoms with E-state index in [1.807, 2.05) is 30.3 Å². The first-order chi connectivity index (χ1) is 14.6. The summed E-state index contributed by atoms with van der Waals surface area (Å²) in [6.07, 6.45) is 2.12. The standard InChI is InChI=1S/C23H25FN4O2/c24-18-5-3-4-16(14-18)11-13-28-15-17(8-9-22(28)29)23(30)25-12-10-21-26-19-6-1-2-7-20(19)27-21/h1-7,14,17H,8-13,15H2,(H,25,30)(H,26,27)/t17-/m0/s1. The predicted molar refractivity (Wildman–Crippen MR) is 112 cm³/mol. The highest BCUT2D eigenvalue weighted by atomic mass is 19.1. The first-order valence-electron chi connectivity index (χ1n) is 10.3. The zero-order valence-electron chi connectivity index (χ0n) is 16.7. The number of imidazole rings is 1. The molecule has 0 radical (unpaired) electrons. The number of aromatic amines is 1. The van der Waals surface area contributed by atoms with Crippen LogP contribution in [0.5, 0.6) is 0 Å². The van der Waals surface area contributed by atoms with E-state index in [2.05, 4.69) is 15.3 Å². The van der Waals surface area contributed by atoms with E-state index >= 15 is 0 Å². The minimum Gasteiger partial charge on any atom is -0.355 e. The van der Waals surface area contributed by atoms with Gasteiger partial charge in [-0.15, -0.1) is 0 Å². The highest BCUT2D eigenvalue weighted by molar-refractivity contribution is 5.83. The molecule has 6 nitrogen and oxygen atoms in total. The number of benzene rings is 2. The number of carbonyl (C=O) groups is 2. The van der Waals surface area contributed by atoms with Crippen molar-refractivity contribution in [3.05, 3.63) is 65.7 Å². The van der Waals surface area contributed by atoms with Gasteiger partial charge in [-0.05, 0) is 42.7 Å². The lowest BCUT2D eigenvalue weighted by Crippen LogP contribution is -2.46. The average molecular weight is 408 g/mol. The molecule has 1 atom stereocenters. The first-order valence-corrected chi connectivity index (χ1v) is 10.3. The van der Waals surface area contributed by atoms with Crippen molar-refractivity contribution in [1.82, 2.24) is 20.2 Å². The highest BCUT2D eigenvalue weighted by Gasteiger charge is 2.29. The number of halogens is 1. The van der Waals surface area contributed by atoms with Crippen molar-refractivity contribution < 1.29 is 14.0 Å². The van der Waals surface area contributed by atoms with Gasteiger partial charge in [0.15, 0.2) is 0 Å². The van der Waals surface area contributed by atoms with Crippen LogP contribution in [0.4, 0.5) is 4.39 Å². The summed E-state index contributed by atoms with van der Waals surface area (Å²) in [6, 6.07) is 14.2. The Hall–Kier alpha value is -3.22. The number of nitrogens with zero attached hydrogens (tertiary/aromatic N) is 2. The molecule has 1 saturated heterocycles. The molecule has 30 heavy (non-hydrogen) atoms. The summed E-state index contributed by atoms with van der Waals surface area (Å²) >= 11 is 0. The van der Waals surface area contributed by atoms with Gasteiger partial charge >= 0.3 is 0 Å². The van der Waals surface area contributed by atoms with Gasteiger partial charge in [0.1, 0.15) is 11.6 Å². The molecule has 0 saturated carbocycles. The van der Waals surface area contributed by atoms with Crippen LogP contribution in [0.3, 0.4) is 0 Å². The molecule has 156 valence electrons. The zero-order valence-corrected chi connectivity index (χ0v) is 16.7. The summed E-state index contributed by atoms with van der Waals surface area (Å²) in [6.45, 7) is 1.39. The van der Waals surface area contributed by atoms with E-state index in [0.717, 1.165) is 22.4 Å². The average Bonchev–Trinajstić information content (AvgIpc) is 3.16. The van der Waals surface area contributed by atoms with Gasteiger partial charge in [0.05, 0.1) is 17.0 Å². The lowest BCUT2D eigenvalue weighted by Gasteiger charge is -2.32. The number of rotatable bonds is 7. The number of H-pyrrole nitrogens is 1. The Bertz CT molecular complexity index is 1020. The van der Waals surface area contributed by atoms with E-state index in [1.165, 1.54) is 12.1 Å². The zero-order chi connectivity index (χ0) is 20.9. The SMILES string of the molecule is O=C(NCCc1nc2ccccc2[nH]1)[C@H]1CCC(=O)N(CCc2cccc(F)c2)C1. The summed E-state index contributed by atoms with van der Waals surface area (Å²) in [7, 11) is 0. The Kier molecular flexibility index (Phi) is 6.07. The Labute approximate surface area is 174 Å². The molecule has 1 fully saturated rings. The van der Waals surface area contributed by atoms with Crippen molar-refractivity contribution in [3.63, 3.8) is 0 Å². The number of aromatic nitrogens is 2. The second-order valence-electron chi connectivity index (χ2n) is 7.70. The van der Waals surface area contributed by atoms with Gasteiger partial charge in [0.2, 0.25) is 11.8 Å². The molecular formula is C23H25FN4O2. The van der Waals surface area contributed by atoms with Crippen LogP contribution in [0.25, 0.3) is 11.0 Å². The number of likely N-dealkylation sites (tertiary alicyclic amines) is 1. The van der Waals surface area contributed by atoms with Crippen molar-refractivity contribution in [1.29, 1.82) is 0 Å². The summed E-state index contributed by atoms with van der Waals surface area (Å²) in [4.78, 5) is 34.3. The maximum atomic E-state index is 13.3. The molecule has 0 spiro atoms. The van der Waals surface area contributed by atoms with Crippen molar-refractivity contribution >= 4 is 22.8 Å². The molecule has 3 aromatic rings. The Morgan fingerprint density at radius 3 is 2.90 bits per heavy atom. The molecule has 2 N–H and O–H groups in total. The summed E-state index contributed by atoms with van der Waals surface area (Å²) in [5.74, 6) is 0.365. The topological polar surface area (TPSA) is 78.1 Å². The number of hydrogen-bond donors (Lipinski definition) is 2. The van der Waals surface area contributed by atoms with Gasteiger partial charge in [-0.3, -0.25) is 9.59 Å². The number of carbonyl (C=O) groups excluding carboxylic acids is 2. The van der Waals surface area contributed by atoms with Crippen LogP contribution in [-0.4, -0.2) is 46.3 Å². The lowest BCUT2D eigenvalue weighted by molar-refractivity contribution is -0.138.